The van der Waals surface area contributed by atoms with Crippen LogP contribution in [0.5, 0.6) is 23.0 Å². The fourth-order valence-corrected chi connectivity index (χ4v) is 2.00. The van der Waals surface area contributed by atoms with Gasteiger partial charge in [0.2, 0.25) is 17.2 Å². The van der Waals surface area contributed by atoms with Gasteiger partial charge in [-0.25, -0.2) is 0 Å². The molecule has 116 valence electrons. The van der Waals surface area contributed by atoms with E-state index in [2.05, 4.69) is 5.16 Å². The summed E-state index contributed by atoms with van der Waals surface area (Å²) in [5.41, 5.74) is 1.75. The first-order valence-electron chi connectivity index (χ1n) is 6.77. The Morgan fingerprint density at radius 2 is 1.36 bits per heavy atom. The van der Waals surface area contributed by atoms with Crippen molar-refractivity contribution >= 4 is 5.71 Å². The van der Waals surface area contributed by atoms with Crippen molar-refractivity contribution in [1.29, 1.82) is 0 Å². The zero-order valence-electron chi connectivity index (χ0n) is 13.1. The van der Waals surface area contributed by atoms with Gasteiger partial charge in [-0.3, -0.25) is 0 Å². The van der Waals surface area contributed by atoms with Crippen molar-refractivity contribution in [2.45, 2.75) is 6.92 Å². The molecule has 2 aromatic rings. The summed E-state index contributed by atoms with van der Waals surface area (Å²) in [6.07, 6.45) is 0. The van der Waals surface area contributed by atoms with Crippen molar-refractivity contribution in [3.05, 3.63) is 48.0 Å². The molecule has 0 saturated carbocycles. The van der Waals surface area contributed by atoms with Gasteiger partial charge in [0.05, 0.1) is 27.0 Å². The first kappa shape index (κ1) is 15.7. The molecule has 2 aromatic carbocycles. The topological polar surface area (TPSA) is 49.3 Å². The highest BCUT2D eigenvalue weighted by molar-refractivity contribution is 5.98. The smallest absolute Gasteiger partial charge is 0.210 e. The fourth-order valence-electron chi connectivity index (χ4n) is 2.00. The van der Waals surface area contributed by atoms with Crippen LogP contribution in [-0.2, 0) is 0 Å². The summed E-state index contributed by atoms with van der Waals surface area (Å²) < 4.78 is 15.9. The molecule has 0 spiro atoms. The van der Waals surface area contributed by atoms with Crippen molar-refractivity contribution in [2.75, 3.05) is 21.3 Å². The van der Waals surface area contributed by atoms with Gasteiger partial charge in [-0.15, -0.1) is 0 Å². The van der Waals surface area contributed by atoms with E-state index in [-0.39, 0.29) is 0 Å². The zero-order valence-corrected chi connectivity index (χ0v) is 13.1. The van der Waals surface area contributed by atoms with Crippen LogP contribution in [0.15, 0.2) is 47.6 Å². The van der Waals surface area contributed by atoms with Crippen LogP contribution in [0.3, 0.4) is 0 Å². The Labute approximate surface area is 130 Å². The van der Waals surface area contributed by atoms with Crippen molar-refractivity contribution in [1.82, 2.24) is 0 Å². The summed E-state index contributed by atoms with van der Waals surface area (Å²) in [4.78, 5) is 5.51. The molecule has 2 rings (SSSR count). The molecule has 0 bridgehead atoms. The number of rotatable bonds is 6. The Morgan fingerprint density at radius 1 is 0.773 bits per heavy atom. The number of ether oxygens (including phenoxy) is 3. The van der Waals surface area contributed by atoms with Crippen LogP contribution in [-0.4, -0.2) is 27.0 Å². The van der Waals surface area contributed by atoms with Gasteiger partial charge in [-0.1, -0.05) is 35.5 Å². The molecule has 0 aliphatic carbocycles. The minimum absolute atomic E-state index is 0.437. The van der Waals surface area contributed by atoms with E-state index in [0.717, 1.165) is 11.3 Å². The van der Waals surface area contributed by atoms with Gasteiger partial charge >= 0.3 is 0 Å². The fraction of sp³-hybridized carbons (Fsp3) is 0.235. The summed E-state index contributed by atoms with van der Waals surface area (Å²) in [7, 11) is 4.65. The summed E-state index contributed by atoms with van der Waals surface area (Å²) in [5.74, 6) is 1.92. The molecule has 0 fully saturated rings. The average Bonchev–Trinajstić information content (AvgIpc) is 2.59. The Kier molecular flexibility index (Phi) is 5.25. The van der Waals surface area contributed by atoms with Gasteiger partial charge < -0.3 is 19.0 Å². The number of benzene rings is 2. The predicted molar refractivity (Wildman–Crippen MR) is 85.4 cm³/mol. The molecule has 0 N–H and O–H groups in total. The van der Waals surface area contributed by atoms with Gasteiger partial charge in [-0.05, 0) is 24.6 Å². The SMILES string of the molecule is COc1ccc(O/N=C(\C)c2ccccc2)c(OC)c1OC. The first-order chi connectivity index (χ1) is 10.7. The van der Waals surface area contributed by atoms with Gasteiger partial charge in [0.1, 0.15) is 0 Å². The average molecular weight is 301 g/mol. The number of hydrogen-bond donors (Lipinski definition) is 0. The second kappa shape index (κ2) is 7.36. The Balaban J connectivity index is 2.30. The third-order valence-corrected chi connectivity index (χ3v) is 3.14. The van der Waals surface area contributed by atoms with E-state index in [1.165, 1.54) is 7.11 Å². The minimum Gasteiger partial charge on any atom is -0.493 e. The molecular weight excluding hydrogens is 282 g/mol. The second-order valence-corrected chi connectivity index (χ2v) is 4.47. The summed E-state index contributed by atoms with van der Waals surface area (Å²) in [6.45, 7) is 1.88. The van der Waals surface area contributed by atoms with Crippen LogP contribution < -0.4 is 19.0 Å². The predicted octanol–water partition coefficient (Wildman–Crippen LogP) is 3.52. The highest BCUT2D eigenvalue weighted by Gasteiger charge is 2.17. The molecule has 0 saturated heterocycles. The monoisotopic (exact) mass is 301 g/mol. The number of methoxy groups -OCH3 is 3. The summed E-state index contributed by atoms with van der Waals surface area (Å²) >= 11 is 0. The lowest BCUT2D eigenvalue weighted by molar-refractivity contribution is 0.287. The quantitative estimate of drug-likeness (QED) is 0.605. The van der Waals surface area contributed by atoms with E-state index in [4.69, 9.17) is 19.0 Å². The number of oxime groups is 1. The molecule has 5 heteroatoms. The third-order valence-electron chi connectivity index (χ3n) is 3.14. The van der Waals surface area contributed by atoms with Crippen LogP contribution in [0.25, 0.3) is 0 Å². The van der Waals surface area contributed by atoms with E-state index >= 15 is 0 Å². The lowest BCUT2D eigenvalue weighted by Gasteiger charge is -2.14. The molecule has 0 aliphatic rings. The molecule has 0 aromatic heterocycles. The Morgan fingerprint density at radius 3 is 1.95 bits per heavy atom. The van der Waals surface area contributed by atoms with Gasteiger partial charge in [-0.2, -0.15) is 0 Å². The second-order valence-electron chi connectivity index (χ2n) is 4.47. The third kappa shape index (κ3) is 3.31. The minimum atomic E-state index is 0.437. The largest absolute Gasteiger partial charge is 0.493 e. The van der Waals surface area contributed by atoms with Crippen LogP contribution in [0.1, 0.15) is 12.5 Å². The lowest BCUT2D eigenvalue weighted by atomic mass is 10.1. The normalized spacial score (nSPS) is 11.0. The molecule has 0 heterocycles. The molecule has 0 atom stereocenters. The molecular formula is C17H19NO4. The van der Waals surface area contributed by atoms with Crippen LogP contribution in [0.2, 0.25) is 0 Å². The number of nitrogens with zero attached hydrogens (tertiary/aromatic N) is 1. The van der Waals surface area contributed by atoms with Crippen molar-refractivity contribution in [3.63, 3.8) is 0 Å². The van der Waals surface area contributed by atoms with E-state index < -0.39 is 0 Å². The first-order valence-corrected chi connectivity index (χ1v) is 6.77. The maximum Gasteiger partial charge on any atom is 0.210 e. The zero-order chi connectivity index (χ0) is 15.9. The van der Waals surface area contributed by atoms with Crippen molar-refractivity contribution < 1.29 is 19.0 Å². The van der Waals surface area contributed by atoms with Crippen LogP contribution >= 0.6 is 0 Å². The summed E-state index contributed by atoms with van der Waals surface area (Å²) in [5, 5.41) is 4.14. The van der Waals surface area contributed by atoms with Crippen molar-refractivity contribution in [3.8, 4) is 23.0 Å². The standard InChI is InChI=1S/C17H19NO4/c1-12(13-8-6-5-7-9-13)18-22-15-11-10-14(19-2)16(20-3)17(15)21-4/h5-11H,1-4H3/b18-12+. The van der Waals surface area contributed by atoms with E-state index in [1.54, 1.807) is 26.4 Å². The van der Waals surface area contributed by atoms with Crippen molar-refractivity contribution in [2.24, 2.45) is 5.16 Å². The maximum atomic E-state index is 5.51. The van der Waals surface area contributed by atoms with E-state index in [9.17, 15) is 0 Å². The van der Waals surface area contributed by atoms with E-state index in [1.807, 2.05) is 37.3 Å². The van der Waals surface area contributed by atoms with Crippen LogP contribution in [0.4, 0.5) is 0 Å². The van der Waals surface area contributed by atoms with Gasteiger partial charge in [0, 0.05) is 0 Å². The highest BCUT2D eigenvalue weighted by Crippen LogP contribution is 2.43. The van der Waals surface area contributed by atoms with Gasteiger partial charge in [0.15, 0.2) is 5.75 Å². The molecule has 0 amide bonds. The number of hydrogen-bond acceptors (Lipinski definition) is 5. The molecule has 5 nitrogen and oxygen atoms in total. The Hall–Kier alpha value is -2.69. The highest BCUT2D eigenvalue weighted by atomic mass is 16.6. The Bertz CT molecular complexity index is 653. The maximum absolute atomic E-state index is 5.51. The molecule has 22 heavy (non-hydrogen) atoms. The summed E-state index contributed by atoms with van der Waals surface area (Å²) in [6, 6.07) is 13.2. The van der Waals surface area contributed by atoms with E-state index in [0.29, 0.717) is 23.0 Å². The molecule has 0 radical (unpaired) electrons. The van der Waals surface area contributed by atoms with Gasteiger partial charge in [0.25, 0.3) is 0 Å². The van der Waals surface area contributed by atoms with Crippen LogP contribution in [0, 0.1) is 0 Å². The lowest BCUT2D eigenvalue weighted by Crippen LogP contribution is -2.00. The molecule has 0 aliphatic heterocycles. The molecule has 0 unspecified atom stereocenters.